The van der Waals surface area contributed by atoms with Crippen LogP contribution < -0.4 is 14.8 Å². The van der Waals surface area contributed by atoms with Gasteiger partial charge in [-0.05, 0) is 62.2 Å². The van der Waals surface area contributed by atoms with Crippen LogP contribution in [0.1, 0.15) is 34.0 Å². The highest BCUT2D eigenvalue weighted by Gasteiger charge is 2.20. The summed E-state index contributed by atoms with van der Waals surface area (Å²) in [5.74, 6) is 0.911. The standard InChI is InChI=1S/C26H29N3O4/c1-5-29(16-24(30)28-22-9-6-10-23(14-22)32-4)26(31)21-12-18(2)25(19(3)13-21)33-17-20-8-7-11-27-15-20/h6-15H,5,16-17H2,1-4H3,(H,28,30). The first-order valence-corrected chi connectivity index (χ1v) is 10.8. The fourth-order valence-electron chi connectivity index (χ4n) is 3.52. The summed E-state index contributed by atoms with van der Waals surface area (Å²) in [6.45, 7) is 6.42. The molecule has 0 saturated heterocycles. The third kappa shape index (κ3) is 6.32. The number of nitrogens with zero attached hydrogens (tertiary/aromatic N) is 2. The first-order valence-electron chi connectivity index (χ1n) is 10.8. The molecule has 2 amide bonds. The number of aromatic nitrogens is 1. The van der Waals surface area contributed by atoms with Gasteiger partial charge >= 0.3 is 0 Å². The van der Waals surface area contributed by atoms with Crippen LogP contribution in [0.3, 0.4) is 0 Å². The van der Waals surface area contributed by atoms with Gasteiger partial charge in [-0.15, -0.1) is 0 Å². The van der Waals surface area contributed by atoms with Gasteiger partial charge in [0.15, 0.2) is 0 Å². The van der Waals surface area contributed by atoms with Gasteiger partial charge in [-0.3, -0.25) is 14.6 Å². The molecule has 0 unspecified atom stereocenters. The number of amides is 2. The lowest BCUT2D eigenvalue weighted by molar-refractivity contribution is -0.116. The van der Waals surface area contributed by atoms with Crippen molar-refractivity contribution in [2.75, 3.05) is 25.5 Å². The molecular formula is C26H29N3O4. The molecule has 7 heteroatoms. The minimum atomic E-state index is -0.275. The zero-order valence-electron chi connectivity index (χ0n) is 19.4. The Hall–Kier alpha value is -3.87. The van der Waals surface area contributed by atoms with Crippen LogP contribution in [0.2, 0.25) is 0 Å². The smallest absolute Gasteiger partial charge is 0.254 e. The fraction of sp³-hybridized carbons (Fsp3) is 0.269. The normalized spacial score (nSPS) is 10.4. The van der Waals surface area contributed by atoms with E-state index in [-0.39, 0.29) is 18.4 Å². The summed E-state index contributed by atoms with van der Waals surface area (Å²) in [7, 11) is 1.57. The third-order valence-corrected chi connectivity index (χ3v) is 5.17. The summed E-state index contributed by atoms with van der Waals surface area (Å²) >= 11 is 0. The van der Waals surface area contributed by atoms with Gasteiger partial charge in [0.25, 0.3) is 5.91 Å². The van der Waals surface area contributed by atoms with E-state index >= 15 is 0 Å². The maximum absolute atomic E-state index is 13.1. The number of aryl methyl sites for hydroxylation is 2. The van der Waals surface area contributed by atoms with E-state index in [0.717, 1.165) is 22.4 Å². The highest BCUT2D eigenvalue weighted by molar-refractivity contribution is 5.99. The Bertz CT molecular complexity index is 1090. The number of methoxy groups -OCH3 is 1. The minimum absolute atomic E-state index is 0.0517. The van der Waals surface area contributed by atoms with Crippen LogP contribution >= 0.6 is 0 Å². The molecule has 3 rings (SSSR count). The average Bonchev–Trinajstić information content (AvgIpc) is 2.82. The van der Waals surface area contributed by atoms with Gasteiger partial charge in [-0.2, -0.15) is 0 Å². The molecule has 33 heavy (non-hydrogen) atoms. The Kier molecular flexibility index (Phi) is 8.02. The summed E-state index contributed by atoms with van der Waals surface area (Å²) in [4.78, 5) is 31.3. The van der Waals surface area contributed by atoms with Crippen molar-refractivity contribution >= 4 is 17.5 Å². The molecule has 3 aromatic rings. The van der Waals surface area contributed by atoms with E-state index in [1.54, 1.807) is 55.9 Å². The Morgan fingerprint density at radius 3 is 2.45 bits per heavy atom. The molecule has 0 aliphatic carbocycles. The number of hydrogen-bond donors (Lipinski definition) is 1. The molecule has 1 heterocycles. The number of likely N-dealkylation sites (N-methyl/N-ethyl adjacent to an activating group) is 1. The van der Waals surface area contributed by atoms with Crippen molar-refractivity contribution in [3.63, 3.8) is 0 Å². The van der Waals surface area contributed by atoms with Crippen LogP contribution in [0.15, 0.2) is 60.9 Å². The molecule has 172 valence electrons. The van der Waals surface area contributed by atoms with Gasteiger partial charge in [0.1, 0.15) is 24.7 Å². The summed E-state index contributed by atoms with van der Waals surface area (Å²) in [6, 6.07) is 14.5. The van der Waals surface area contributed by atoms with E-state index in [0.29, 0.717) is 30.2 Å². The lowest BCUT2D eigenvalue weighted by Crippen LogP contribution is -2.38. The number of ether oxygens (including phenoxy) is 2. The van der Waals surface area contributed by atoms with Crippen molar-refractivity contribution in [3.05, 3.63) is 83.2 Å². The SMILES string of the molecule is CCN(CC(=O)Nc1cccc(OC)c1)C(=O)c1cc(C)c(OCc2cccnc2)c(C)c1. The zero-order valence-corrected chi connectivity index (χ0v) is 19.4. The second-order valence-electron chi connectivity index (χ2n) is 7.69. The maximum atomic E-state index is 13.1. The highest BCUT2D eigenvalue weighted by atomic mass is 16.5. The average molecular weight is 448 g/mol. The number of carbonyl (C=O) groups excluding carboxylic acids is 2. The lowest BCUT2D eigenvalue weighted by atomic mass is 10.0. The summed E-state index contributed by atoms with van der Waals surface area (Å²) < 4.78 is 11.2. The monoisotopic (exact) mass is 447 g/mol. The molecule has 7 nitrogen and oxygen atoms in total. The van der Waals surface area contributed by atoms with Crippen molar-refractivity contribution in [1.29, 1.82) is 0 Å². The second kappa shape index (κ2) is 11.1. The molecule has 0 aliphatic heterocycles. The Balaban J connectivity index is 1.68. The van der Waals surface area contributed by atoms with E-state index in [4.69, 9.17) is 9.47 Å². The van der Waals surface area contributed by atoms with Gasteiger partial charge in [0.2, 0.25) is 5.91 Å². The molecular weight excluding hydrogens is 418 g/mol. The fourth-order valence-corrected chi connectivity index (χ4v) is 3.52. The molecule has 0 aliphatic rings. The van der Waals surface area contributed by atoms with Gasteiger partial charge < -0.3 is 19.7 Å². The van der Waals surface area contributed by atoms with E-state index < -0.39 is 0 Å². The van der Waals surface area contributed by atoms with Crippen molar-refractivity contribution in [2.45, 2.75) is 27.4 Å². The summed E-state index contributed by atoms with van der Waals surface area (Å²) in [6.07, 6.45) is 3.48. The topological polar surface area (TPSA) is 80.8 Å². The number of benzene rings is 2. The van der Waals surface area contributed by atoms with Crippen LogP contribution in [0.25, 0.3) is 0 Å². The Labute approximate surface area is 194 Å². The lowest BCUT2D eigenvalue weighted by Gasteiger charge is -2.22. The molecule has 1 aromatic heterocycles. The molecule has 0 spiro atoms. The van der Waals surface area contributed by atoms with Crippen LogP contribution in [0, 0.1) is 13.8 Å². The summed E-state index contributed by atoms with van der Waals surface area (Å²) in [5, 5.41) is 2.81. The van der Waals surface area contributed by atoms with Crippen molar-refractivity contribution in [3.8, 4) is 11.5 Å². The summed E-state index contributed by atoms with van der Waals surface area (Å²) in [5.41, 5.74) is 3.83. The first-order chi connectivity index (χ1) is 15.9. The number of rotatable bonds is 9. The second-order valence-corrected chi connectivity index (χ2v) is 7.69. The Morgan fingerprint density at radius 1 is 1.06 bits per heavy atom. The third-order valence-electron chi connectivity index (χ3n) is 5.17. The number of hydrogen-bond acceptors (Lipinski definition) is 5. The van der Waals surface area contributed by atoms with E-state index in [1.807, 2.05) is 32.9 Å². The predicted octanol–water partition coefficient (Wildman–Crippen LogP) is 4.39. The number of nitrogens with one attached hydrogen (secondary N) is 1. The molecule has 0 radical (unpaired) electrons. The quantitative estimate of drug-likeness (QED) is 0.526. The van der Waals surface area contributed by atoms with Crippen LogP contribution in [-0.2, 0) is 11.4 Å². The molecule has 0 fully saturated rings. The molecule has 0 saturated carbocycles. The molecule has 0 bridgehead atoms. The van der Waals surface area contributed by atoms with Crippen LogP contribution in [0.4, 0.5) is 5.69 Å². The van der Waals surface area contributed by atoms with Crippen molar-refractivity contribution in [1.82, 2.24) is 9.88 Å². The van der Waals surface area contributed by atoms with Gasteiger partial charge in [-0.25, -0.2) is 0 Å². The van der Waals surface area contributed by atoms with Crippen LogP contribution in [0.5, 0.6) is 11.5 Å². The van der Waals surface area contributed by atoms with E-state index in [2.05, 4.69) is 10.3 Å². The van der Waals surface area contributed by atoms with Crippen LogP contribution in [-0.4, -0.2) is 41.9 Å². The van der Waals surface area contributed by atoms with Crippen molar-refractivity contribution in [2.24, 2.45) is 0 Å². The largest absolute Gasteiger partial charge is 0.497 e. The first kappa shape index (κ1) is 23.8. The van der Waals surface area contributed by atoms with Gasteiger partial charge in [0, 0.05) is 41.8 Å². The molecule has 2 aromatic carbocycles. The number of anilines is 1. The maximum Gasteiger partial charge on any atom is 0.254 e. The Morgan fingerprint density at radius 2 is 1.82 bits per heavy atom. The van der Waals surface area contributed by atoms with E-state index in [9.17, 15) is 9.59 Å². The minimum Gasteiger partial charge on any atom is -0.497 e. The predicted molar refractivity (Wildman–Crippen MR) is 128 cm³/mol. The molecule has 0 atom stereocenters. The van der Waals surface area contributed by atoms with Gasteiger partial charge in [0.05, 0.1) is 7.11 Å². The highest BCUT2D eigenvalue weighted by Crippen LogP contribution is 2.26. The number of pyridine rings is 1. The van der Waals surface area contributed by atoms with Crippen molar-refractivity contribution < 1.29 is 19.1 Å². The zero-order chi connectivity index (χ0) is 23.8. The van der Waals surface area contributed by atoms with E-state index in [1.165, 1.54) is 4.90 Å². The van der Waals surface area contributed by atoms with Gasteiger partial charge in [-0.1, -0.05) is 12.1 Å². The number of carbonyl (C=O) groups is 2. The molecule has 1 N–H and O–H groups in total.